The van der Waals surface area contributed by atoms with E-state index in [1.807, 2.05) is 73.7 Å². The molecule has 7 heteroatoms. The number of amides is 1. The number of hydrogen-bond acceptors (Lipinski definition) is 4. The van der Waals surface area contributed by atoms with E-state index in [1.54, 1.807) is 4.80 Å². The maximum absolute atomic E-state index is 12.3. The lowest BCUT2D eigenvalue weighted by molar-refractivity contribution is -0.118. The topological polar surface area (TPSA) is 69.0 Å². The van der Waals surface area contributed by atoms with Crippen molar-refractivity contribution in [3.63, 3.8) is 0 Å². The Morgan fingerprint density at radius 2 is 1.71 bits per heavy atom. The number of para-hydroxylation sites is 1. The van der Waals surface area contributed by atoms with Crippen LogP contribution in [0.15, 0.2) is 71.2 Å². The third-order valence-corrected chi connectivity index (χ3v) is 4.81. The number of ether oxygens (including phenoxy) is 1. The molecule has 0 aliphatic heterocycles. The Kier molecular flexibility index (Phi) is 5.08. The molecule has 0 fully saturated rings. The van der Waals surface area contributed by atoms with E-state index in [2.05, 4.69) is 31.4 Å². The number of nitrogens with zero attached hydrogens (tertiary/aromatic N) is 3. The average Bonchev–Trinajstić information content (AvgIpc) is 3.13. The number of nitrogens with one attached hydrogen (secondary N) is 1. The van der Waals surface area contributed by atoms with E-state index in [0.29, 0.717) is 17.1 Å². The van der Waals surface area contributed by atoms with Gasteiger partial charge in [0.1, 0.15) is 22.5 Å². The number of aryl methyl sites for hydroxylation is 1. The molecule has 3 aromatic carbocycles. The lowest BCUT2D eigenvalue weighted by Gasteiger charge is -2.12. The fraction of sp³-hybridized carbons (Fsp3) is 0.0952. The molecule has 1 N–H and O–H groups in total. The smallest absolute Gasteiger partial charge is 0.262 e. The third-order valence-electron chi connectivity index (χ3n) is 4.12. The van der Waals surface area contributed by atoms with Crippen LogP contribution in [0.2, 0.25) is 0 Å². The van der Waals surface area contributed by atoms with Crippen LogP contribution in [0.1, 0.15) is 5.56 Å². The summed E-state index contributed by atoms with van der Waals surface area (Å²) >= 11 is 3.41. The van der Waals surface area contributed by atoms with E-state index in [4.69, 9.17) is 4.74 Å². The average molecular weight is 437 g/mol. The van der Waals surface area contributed by atoms with Crippen molar-refractivity contribution >= 4 is 38.6 Å². The monoisotopic (exact) mass is 436 g/mol. The predicted octanol–water partition coefficient (Wildman–Crippen LogP) is 4.51. The van der Waals surface area contributed by atoms with Crippen molar-refractivity contribution in [1.82, 2.24) is 15.0 Å². The SMILES string of the molecule is Cc1ccc(OCC(=O)Nc2ccccc2Br)c(-n2nc3ccccc3n2)c1. The molecule has 1 aromatic heterocycles. The Balaban J connectivity index is 1.55. The number of rotatable bonds is 5. The van der Waals surface area contributed by atoms with Crippen LogP contribution < -0.4 is 10.1 Å². The van der Waals surface area contributed by atoms with Crippen molar-refractivity contribution < 1.29 is 9.53 Å². The molecule has 0 bridgehead atoms. The number of anilines is 1. The quantitative estimate of drug-likeness (QED) is 0.499. The van der Waals surface area contributed by atoms with Gasteiger partial charge in [-0.25, -0.2) is 0 Å². The van der Waals surface area contributed by atoms with Gasteiger partial charge in [0.05, 0.1) is 5.69 Å². The van der Waals surface area contributed by atoms with E-state index in [-0.39, 0.29) is 12.5 Å². The number of carbonyl (C=O) groups excluding carboxylic acids is 1. The van der Waals surface area contributed by atoms with Gasteiger partial charge in [-0.2, -0.15) is 0 Å². The molecular formula is C21H17BrN4O2. The molecule has 1 heterocycles. The van der Waals surface area contributed by atoms with E-state index in [1.165, 1.54) is 0 Å². The molecular weight excluding hydrogens is 420 g/mol. The van der Waals surface area contributed by atoms with Gasteiger partial charge in [-0.3, -0.25) is 4.79 Å². The van der Waals surface area contributed by atoms with Crippen LogP contribution in [-0.2, 0) is 4.79 Å². The fourth-order valence-electron chi connectivity index (χ4n) is 2.77. The number of halogens is 1. The van der Waals surface area contributed by atoms with Crippen molar-refractivity contribution in [2.45, 2.75) is 6.92 Å². The first-order chi connectivity index (χ1) is 13.6. The lowest BCUT2D eigenvalue weighted by atomic mass is 10.2. The zero-order valence-electron chi connectivity index (χ0n) is 15.1. The number of carbonyl (C=O) groups is 1. The van der Waals surface area contributed by atoms with Gasteiger partial charge >= 0.3 is 0 Å². The van der Waals surface area contributed by atoms with Crippen molar-refractivity contribution in [1.29, 1.82) is 0 Å². The maximum Gasteiger partial charge on any atom is 0.262 e. The van der Waals surface area contributed by atoms with Crippen LogP contribution in [-0.4, -0.2) is 27.5 Å². The van der Waals surface area contributed by atoms with Crippen LogP contribution >= 0.6 is 15.9 Å². The first-order valence-corrected chi connectivity index (χ1v) is 9.50. The van der Waals surface area contributed by atoms with Crippen molar-refractivity contribution in [3.8, 4) is 11.4 Å². The van der Waals surface area contributed by atoms with Gasteiger partial charge in [0.15, 0.2) is 6.61 Å². The minimum atomic E-state index is -0.253. The molecule has 0 radical (unpaired) electrons. The standard InChI is InChI=1S/C21H17BrN4O2/c1-14-10-11-20(28-13-21(27)23-16-7-3-2-6-15(16)22)19(12-14)26-24-17-8-4-5-9-18(17)25-26/h2-12H,13H2,1H3,(H,23,27). The first kappa shape index (κ1) is 18.2. The molecule has 4 aromatic rings. The van der Waals surface area contributed by atoms with E-state index < -0.39 is 0 Å². The number of fused-ring (bicyclic) bond motifs is 1. The lowest BCUT2D eigenvalue weighted by Crippen LogP contribution is -2.21. The van der Waals surface area contributed by atoms with Gasteiger partial charge in [0.2, 0.25) is 0 Å². The summed E-state index contributed by atoms with van der Waals surface area (Å²) < 4.78 is 6.60. The van der Waals surface area contributed by atoms with E-state index in [9.17, 15) is 4.79 Å². The molecule has 0 aliphatic carbocycles. The van der Waals surface area contributed by atoms with Crippen molar-refractivity contribution in [2.24, 2.45) is 0 Å². The van der Waals surface area contributed by atoms with Crippen molar-refractivity contribution in [2.75, 3.05) is 11.9 Å². The summed E-state index contributed by atoms with van der Waals surface area (Å²) in [5, 5.41) is 11.8. The minimum absolute atomic E-state index is 0.127. The largest absolute Gasteiger partial charge is 0.481 e. The summed E-state index contributed by atoms with van der Waals surface area (Å²) in [5.41, 5.74) is 4.01. The molecule has 1 amide bonds. The summed E-state index contributed by atoms with van der Waals surface area (Å²) in [5.74, 6) is 0.283. The van der Waals surface area contributed by atoms with Crippen LogP contribution in [0.25, 0.3) is 16.7 Å². The van der Waals surface area contributed by atoms with Crippen LogP contribution in [0, 0.1) is 6.92 Å². The van der Waals surface area contributed by atoms with Crippen molar-refractivity contribution in [3.05, 3.63) is 76.8 Å². The predicted molar refractivity (Wildman–Crippen MR) is 112 cm³/mol. The molecule has 0 saturated heterocycles. The number of aromatic nitrogens is 3. The highest BCUT2D eigenvalue weighted by Gasteiger charge is 2.13. The van der Waals surface area contributed by atoms with Crippen LogP contribution in [0.5, 0.6) is 5.75 Å². The van der Waals surface area contributed by atoms with Gasteiger partial charge in [0.25, 0.3) is 5.91 Å². The Morgan fingerprint density at radius 3 is 2.43 bits per heavy atom. The number of hydrogen-bond donors (Lipinski definition) is 1. The first-order valence-electron chi connectivity index (χ1n) is 8.70. The highest BCUT2D eigenvalue weighted by Crippen LogP contribution is 2.25. The molecule has 0 spiro atoms. The van der Waals surface area contributed by atoms with E-state index >= 15 is 0 Å². The molecule has 28 heavy (non-hydrogen) atoms. The van der Waals surface area contributed by atoms with Gasteiger partial charge in [-0.1, -0.05) is 30.3 Å². The molecule has 4 rings (SSSR count). The molecule has 0 saturated carbocycles. The third kappa shape index (κ3) is 3.89. The summed E-state index contributed by atoms with van der Waals surface area (Å²) in [6.07, 6.45) is 0. The maximum atomic E-state index is 12.3. The molecule has 140 valence electrons. The zero-order chi connectivity index (χ0) is 19.5. The Labute approximate surface area is 170 Å². The number of benzene rings is 3. The summed E-state index contributed by atoms with van der Waals surface area (Å²) in [6, 6.07) is 20.7. The fourth-order valence-corrected chi connectivity index (χ4v) is 3.15. The summed E-state index contributed by atoms with van der Waals surface area (Å²) in [7, 11) is 0. The summed E-state index contributed by atoms with van der Waals surface area (Å²) in [4.78, 5) is 13.8. The highest BCUT2D eigenvalue weighted by atomic mass is 79.9. The normalized spacial score (nSPS) is 10.8. The second kappa shape index (κ2) is 7.82. The van der Waals surface area contributed by atoms with Gasteiger partial charge in [-0.15, -0.1) is 15.0 Å². The minimum Gasteiger partial charge on any atom is -0.481 e. The van der Waals surface area contributed by atoms with Crippen LogP contribution in [0.4, 0.5) is 5.69 Å². The van der Waals surface area contributed by atoms with E-state index in [0.717, 1.165) is 21.1 Å². The molecule has 0 aliphatic rings. The highest BCUT2D eigenvalue weighted by molar-refractivity contribution is 9.10. The van der Waals surface area contributed by atoms with Crippen LogP contribution in [0.3, 0.4) is 0 Å². The molecule has 0 atom stereocenters. The second-order valence-corrected chi connectivity index (χ2v) is 7.12. The van der Waals surface area contributed by atoms with Gasteiger partial charge in [-0.05, 0) is 64.8 Å². The Hall–Kier alpha value is -3.19. The zero-order valence-corrected chi connectivity index (χ0v) is 16.7. The molecule has 0 unspecified atom stereocenters. The second-order valence-electron chi connectivity index (χ2n) is 6.27. The van der Waals surface area contributed by atoms with Gasteiger partial charge in [0, 0.05) is 4.47 Å². The van der Waals surface area contributed by atoms with Gasteiger partial charge < -0.3 is 10.1 Å². The Morgan fingerprint density at radius 1 is 1.04 bits per heavy atom. The molecule has 6 nitrogen and oxygen atoms in total. The Bertz CT molecular complexity index is 1120. The summed E-state index contributed by atoms with van der Waals surface area (Å²) in [6.45, 7) is 1.86.